The third kappa shape index (κ3) is 9.09. The molecule has 0 radical (unpaired) electrons. The highest BCUT2D eigenvalue weighted by atomic mass is 127. The van der Waals surface area contributed by atoms with Crippen LogP contribution in [-0.4, -0.2) is 64.9 Å². The second-order valence-electron chi connectivity index (χ2n) is 7.78. The van der Waals surface area contributed by atoms with Gasteiger partial charge in [-0.2, -0.15) is 0 Å². The quantitative estimate of drug-likeness (QED) is 0.252. The number of methoxy groups -OCH3 is 1. The first-order valence-corrected chi connectivity index (χ1v) is 10.4. The van der Waals surface area contributed by atoms with Gasteiger partial charge in [-0.3, -0.25) is 4.99 Å². The molecule has 1 aromatic carbocycles. The van der Waals surface area contributed by atoms with Crippen LogP contribution in [0.15, 0.2) is 29.3 Å². The van der Waals surface area contributed by atoms with Gasteiger partial charge >= 0.3 is 0 Å². The van der Waals surface area contributed by atoms with Gasteiger partial charge in [0.2, 0.25) is 0 Å². The summed E-state index contributed by atoms with van der Waals surface area (Å²) in [4.78, 5) is 6.57. The average molecular weight is 518 g/mol. The number of ether oxygens (including phenoxy) is 2. The van der Waals surface area contributed by atoms with Gasteiger partial charge in [0.05, 0.1) is 6.61 Å². The molecule has 1 aliphatic carbocycles. The van der Waals surface area contributed by atoms with Gasteiger partial charge in [0, 0.05) is 40.3 Å². The fourth-order valence-corrected chi connectivity index (χ4v) is 3.43. The highest BCUT2D eigenvalue weighted by Gasteiger charge is 2.34. The lowest BCUT2D eigenvalue weighted by atomic mass is 9.67. The number of likely N-dealkylation sites (N-methyl/N-ethyl adjacent to an activating group) is 1. The molecule has 0 aliphatic heterocycles. The molecule has 1 saturated carbocycles. The van der Waals surface area contributed by atoms with E-state index >= 15 is 0 Å². The predicted molar refractivity (Wildman–Crippen MR) is 132 cm³/mol. The number of nitrogens with one attached hydrogen (secondary N) is 2. The van der Waals surface area contributed by atoms with E-state index in [2.05, 4.69) is 46.6 Å². The monoisotopic (exact) mass is 518 g/mol. The Hall–Kier alpha value is -1.06. The minimum absolute atomic E-state index is 0. The molecule has 1 aliphatic rings. The van der Waals surface area contributed by atoms with Crippen molar-refractivity contribution in [3.05, 3.63) is 29.8 Å². The van der Waals surface area contributed by atoms with Gasteiger partial charge in [0.15, 0.2) is 5.96 Å². The SMILES string of the molecule is CCC1(CNC(=NC)NCc2cccc(OCCN(C)CCOC)c2)CCC1.I. The van der Waals surface area contributed by atoms with E-state index in [1.54, 1.807) is 7.11 Å². The summed E-state index contributed by atoms with van der Waals surface area (Å²) in [6.45, 7) is 7.22. The Morgan fingerprint density at radius 1 is 1.21 bits per heavy atom. The standard InChI is InChI=1S/C22H38N4O2.HI/c1-5-22(10-7-11-22)18-25-21(23-2)24-17-19-8-6-9-20(16-19)28-15-13-26(3)12-14-27-4;/h6,8-9,16H,5,7,10-15,17-18H2,1-4H3,(H2,23,24,25);1H. The molecule has 0 atom stereocenters. The molecule has 1 fully saturated rings. The number of guanidine groups is 1. The van der Waals surface area contributed by atoms with E-state index in [0.29, 0.717) is 12.0 Å². The normalized spacial score (nSPS) is 15.4. The summed E-state index contributed by atoms with van der Waals surface area (Å²) in [6, 6.07) is 8.25. The van der Waals surface area contributed by atoms with Gasteiger partial charge < -0.3 is 25.0 Å². The van der Waals surface area contributed by atoms with E-state index in [0.717, 1.165) is 44.5 Å². The minimum atomic E-state index is 0. The summed E-state index contributed by atoms with van der Waals surface area (Å²) in [6.07, 6.45) is 5.24. The Morgan fingerprint density at radius 2 is 1.97 bits per heavy atom. The number of benzene rings is 1. The van der Waals surface area contributed by atoms with E-state index in [1.807, 2.05) is 19.2 Å². The van der Waals surface area contributed by atoms with E-state index in [-0.39, 0.29) is 24.0 Å². The first kappa shape index (κ1) is 26.0. The number of aliphatic imine (C=N–C) groups is 1. The van der Waals surface area contributed by atoms with Crippen LogP contribution in [-0.2, 0) is 11.3 Å². The van der Waals surface area contributed by atoms with E-state index in [4.69, 9.17) is 9.47 Å². The first-order chi connectivity index (χ1) is 13.6. The van der Waals surface area contributed by atoms with Crippen molar-refractivity contribution in [2.24, 2.45) is 10.4 Å². The van der Waals surface area contributed by atoms with Crippen LogP contribution in [0.25, 0.3) is 0 Å². The van der Waals surface area contributed by atoms with Crippen molar-refractivity contribution in [3.63, 3.8) is 0 Å². The maximum Gasteiger partial charge on any atom is 0.191 e. The van der Waals surface area contributed by atoms with Gasteiger partial charge in [-0.05, 0) is 49.4 Å². The number of rotatable bonds is 12. The molecular weight excluding hydrogens is 479 g/mol. The van der Waals surface area contributed by atoms with Crippen LogP contribution >= 0.6 is 24.0 Å². The summed E-state index contributed by atoms with van der Waals surface area (Å²) >= 11 is 0. The molecule has 1 aromatic rings. The molecule has 29 heavy (non-hydrogen) atoms. The van der Waals surface area contributed by atoms with Gasteiger partial charge in [-0.15, -0.1) is 24.0 Å². The zero-order chi connectivity index (χ0) is 20.2. The Labute approximate surface area is 193 Å². The molecule has 166 valence electrons. The molecule has 7 heteroatoms. The molecular formula is C22H39IN4O2. The fraction of sp³-hybridized carbons (Fsp3) is 0.682. The second-order valence-corrected chi connectivity index (χ2v) is 7.78. The lowest BCUT2D eigenvalue weighted by Crippen LogP contribution is -2.46. The van der Waals surface area contributed by atoms with Crippen LogP contribution in [0.4, 0.5) is 0 Å². The summed E-state index contributed by atoms with van der Waals surface area (Å²) in [5.41, 5.74) is 1.66. The van der Waals surface area contributed by atoms with E-state index in [1.165, 1.54) is 31.2 Å². The summed E-state index contributed by atoms with van der Waals surface area (Å²) in [5.74, 6) is 1.77. The van der Waals surface area contributed by atoms with E-state index < -0.39 is 0 Å². The van der Waals surface area contributed by atoms with Crippen LogP contribution in [0.2, 0.25) is 0 Å². The number of hydrogen-bond acceptors (Lipinski definition) is 4. The van der Waals surface area contributed by atoms with Crippen molar-refractivity contribution < 1.29 is 9.47 Å². The molecule has 0 saturated heterocycles. The third-order valence-electron chi connectivity index (χ3n) is 5.80. The topological polar surface area (TPSA) is 58.1 Å². The lowest BCUT2D eigenvalue weighted by Gasteiger charge is -2.41. The zero-order valence-corrected chi connectivity index (χ0v) is 20.8. The molecule has 2 N–H and O–H groups in total. The Morgan fingerprint density at radius 3 is 2.59 bits per heavy atom. The number of nitrogens with zero attached hydrogens (tertiary/aromatic N) is 2. The van der Waals surface area contributed by atoms with Gasteiger partial charge in [-0.25, -0.2) is 0 Å². The maximum absolute atomic E-state index is 5.90. The van der Waals surface area contributed by atoms with Crippen molar-refractivity contribution in [2.75, 3.05) is 54.1 Å². The molecule has 0 unspecified atom stereocenters. The van der Waals surface area contributed by atoms with Crippen molar-refractivity contribution >= 4 is 29.9 Å². The first-order valence-electron chi connectivity index (χ1n) is 10.4. The molecule has 0 spiro atoms. The number of halogens is 1. The van der Waals surface area contributed by atoms with Crippen LogP contribution in [0, 0.1) is 5.41 Å². The summed E-state index contributed by atoms with van der Waals surface area (Å²) in [5, 5.41) is 6.92. The maximum atomic E-state index is 5.90. The highest BCUT2D eigenvalue weighted by molar-refractivity contribution is 14.0. The Balaban J connectivity index is 0.00000420. The van der Waals surface area contributed by atoms with Crippen molar-refractivity contribution in [2.45, 2.75) is 39.2 Å². The molecule has 0 heterocycles. The second kappa shape index (κ2) is 14.0. The van der Waals surface area contributed by atoms with Gasteiger partial charge in [0.25, 0.3) is 0 Å². The largest absolute Gasteiger partial charge is 0.492 e. The van der Waals surface area contributed by atoms with Crippen LogP contribution in [0.5, 0.6) is 5.75 Å². The van der Waals surface area contributed by atoms with Gasteiger partial charge in [0.1, 0.15) is 12.4 Å². The molecule has 2 rings (SSSR count). The lowest BCUT2D eigenvalue weighted by molar-refractivity contribution is 0.131. The van der Waals surface area contributed by atoms with Crippen LogP contribution < -0.4 is 15.4 Å². The van der Waals surface area contributed by atoms with Crippen molar-refractivity contribution in [3.8, 4) is 5.75 Å². The Bertz CT molecular complexity index is 603. The van der Waals surface area contributed by atoms with Crippen LogP contribution in [0.1, 0.15) is 38.2 Å². The van der Waals surface area contributed by atoms with Crippen LogP contribution in [0.3, 0.4) is 0 Å². The Kier molecular flexibility index (Phi) is 12.6. The van der Waals surface area contributed by atoms with Crippen molar-refractivity contribution in [1.29, 1.82) is 0 Å². The van der Waals surface area contributed by atoms with Gasteiger partial charge in [-0.1, -0.05) is 25.5 Å². The highest BCUT2D eigenvalue weighted by Crippen LogP contribution is 2.42. The smallest absolute Gasteiger partial charge is 0.191 e. The number of hydrogen-bond donors (Lipinski definition) is 2. The molecule has 6 nitrogen and oxygen atoms in total. The van der Waals surface area contributed by atoms with E-state index in [9.17, 15) is 0 Å². The summed E-state index contributed by atoms with van der Waals surface area (Å²) < 4.78 is 11.0. The zero-order valence-electron chi connectivity index (χ0n) is 18.5. The molecule has 0 amide bonds. The third-order valence-corrected chi connectivity index (χ3v) is 5.80. The molecule has 0 aromatic heterocycles. The molecule has 0 bridgehead atoms. The predicted octanol–water partition coefficient (Wildman–Crippen LogP) is 3.51. The average Bonchev–Trinajstić information content (AvgIpc) is 2.68. The summed E-state index contributed by atoms with van der Waals surface area (Å²) in [7, 11) is 5.63. The fourth-order valence-electron chi connectivity index (χ4n) is 3.43. The van der Waals surface area contributed by atoms with Crippen molar-refractivity contribution in [1.82, 2.24) is 15.5 Å². The minimum Gasteiger partial charge on any atom is -0.492 e.